The Labute approximate surface area is 344 Å². The topological polar surface area (TPSA) is 0 Å². The predicted molar refractivity (Wildman–Crippen MR) is 253 cm³/mol. The smallest absolute Gasteiger partial charge is 0.0159 e. The van der Waals surface area contributed by atoms with Crippen LogP contribution in [0.1, 0.15) is 25.0 Å². The fourth-order valence-corrected chi connectivity index (χ4v) is 9.96. The molecule has 0 saturated heterocycles. The Morgan fingerprint density at radius 2 is 0.559 bits per heavy atom. The molecule has 11 aromatic carbocycles. The van der Waals surface area contributed by atoms with Gasteiger partial charge in [-0.25, -0.2) is 0 Å². The number of benzene rings is 11. The van der Waals surface area contributed by atoms with Gasteiger partial charge in [-0.3, -0.25) is 0 Å². The van der Waals surface area contributed by atoms with Crippen LogP contribution in [0, 0.1) is 0 Å². The number of hydrogen-bond acceptors (Lipinski definition) is 0. The Bertz CT molecular complexity index is 3510. The van der Waals surface area contributed by atoms with E-state index < -0.39 is 0 Å². The Hall–Kier alpha value is -7.28. The maximum absolute atomic E-state index is 2.43. The maximum Gasteiger partial charge on any atom is 0.0159 e. The van der Waals surface area contributed by atoms with Crippen molar-refractivity contribution in [2.24, 2.45) is 0 Å². The molecule has 12 rings (SSSR count). The van der Waals surface area contributed by atoms with Crippen molar-refractivity contribution < 1.29 is 0 Å². The van der Waals surface area contributed by atoms with E-state index in [-0.39, 0.29) is 5.41 Å². The summed E-state index contributed by atoms with van der Waals surface area (Å²) in [4.78, 5) is 0. The van der Waals surface area contributed by atoms with Crippen LogP contribution in [0.4, 0.5) is 0 Å². The summed E-state index contributed by atoms with van der Waals surface area (Å²) in [6, 6.07) is 77.0. The molecule has 0 nitrogen and oxygen atoms in total. The lowest BCUT2D eigenvalue weighted by atomic mass is 9.80. The van der Waals surface area contributed by atoms with Gasteiger partial charge in [0.1, 0.15) is 0 Å². The van der Waals surface area contributed by atoms with Crippen molar-refractivity contribution in [1.29, 1.82) is 0 Å². The van der Waals surface area contributed by atoms with E-state index in [1.165, 1.54) is 121 Å². The van der Waals surface area contributed by atoms with Crippen molar-refractivity contribution in [3.8, 4) is 55.6 Å². The second-order valence-corrected chi connectivity index (χ2v) is 16.9. The van der Waals surface area contributed by atoms with Gasteiger partial charge in [-0.1, -0.05) is 178 Å². The van der Waals surface area contributed by atoms with Crippen LogP contribution in [0.2, 0.25) is 0 Å². The van der Waals surface area contributed by atoms with Gasteiger partial charge in [-0.15, -0.1) is 0 Å². The minimum Gasteiger partial charge on any atom is -0.0622 e. The van der Waals surface area contributed by atoms with E-state index in [2.05, 4.69) is 220 Å². The van der Waals surface area contributed by atoms with Crippen LogP contribution in [0.15, 0.2) is 206 Å². The summed E-state index contributed by atoms with van der Waals surface area (Å²) >= 11 is 0. The van der Waals surface area contributed by atoms with Gasteiger partial charge < -0.3 is 0 Å². The van der Waals surface area contributed by atoms with Gasteiger partial charge in [0.2, 0.25) is 0 Å². The molecule has 0 aliphatic heterocycles. The fourth-order valence-electron chi connectivity index (χ4n) is 9.96. The van der Waals surface area contributed by atoms with E-state index in [0.717, 1.165) is 0 Å². The van der Waals surface area contributed by atoms with Gasteiger partial charge in [-0.05, 0) is 163 Å². The predicted octanol–water partition coefficient (Wildman–Crippen LogP) is 16.4. The van der Waals surface area contributed by atoms with Crippen LogP contribution in [-0.4, -0.2) is 0 Å². The number of hydrogen-bond donors (Lipinski definition) is 0. The minimum atomic E-state index is -0.0853. The average Bonchev–Trinajstić information content (AvgIpc) is 3.52. The molecule has 0 radical (unpaired) electrons. The van der Waals surface area contributed by atoms with Crippen molar-refractivity contribution in [2.45, 2.75) is 19.3 Å². The van der Waals surface area contributed by atoms with Crippen LogP contribution in [-0.2, 0) is 5.41 Å². The molecule has 0 heterocycles. The van der Waals surface area contributed by atoms with Gasteiger partial charge in [-0.2, -0.15) is 0 Å². The van der Waals surface area contributed by atoms with Crippen molar-refractivity contribution >= 4 is 53.9 Å². The summed E-state index contributed by atoms with van der Waals surface area (Å²) in [7, 11) is 0. The molecule has 0 N–H and O–H groups in total. The SMILES string of the molecule is CC1(C)c2cc(-c3ccccc3)ccc2-c2ccc(-c3ccc4c(ccc5cc(-c6ccc7c(ccc8cc(-c9ccc%10ccccc%10c9)ccc87)c6)ccc54)c3)cc21. The van der Waals surface area contributed by atoms with Crippen molar-refractivity contribution in [1.82, 2.24) is 0 Å². The summed E-state index contributed by atoms with van der Waals surface area (Å²) in [6.45, 7) is 4.75. The van der Waals surface area contributed by atoms with Crippen molar-refractivity contribution in [2.75, 3.05) is 0 Å². The summed E-state index contributed by atoms with van der Waals surface area (Å²) < 4.78 is 0. The second-order valence-electron chi connectivity index (χ2n) is 16.9. The van der Waals surface area contributed by atoms with Crippen LogP contribution in [0.3, 0.4) is 0 Å². The zero-order valence-corrected chi connectivity index (χ0v) is 33.1. The quantitative estimate of drug-likeness (QED) is 0.157. The lowest BCUT2D eigenvalue weighted by Gasteiger charge is -2.22. The van der Waals surface area contributed by atoms with Crippen molar-refractivity contribution in [3.05, 3.63) is 217 Å². The van der Waals surface area contributed by atoms with E-state index >= 15 is 0 Å². The Kier molecular flexibility index (Phi) is 7.38. The normalized spacial score (nSPS) is 13.1. The molecule has 0 amide bonds. The zero-order valence-electron chi connectivity index (χ0n) is 33.1. The molecule has 59 heavy (non-hydrogen) atoms. The molecule has 0 spiro atoms. The minimum absolute atomic E-state index is 0.0853. The first-order chi connectivity index (χ1) is 28.9. The van der Waals surface area contributed by atoms with E-state index in [9.17, 15) is 0 Å². The zero-order chi connectivity index (χ0) is 39.2. The number of fused-ring (bicyclic) bond motifs is 10. The van der Waals surface area contributed by atoms with Gasteiger partial charge in [0.25, 0.3) is 0 Å². The molecule has 0 aromatic heterocycles. The molecular weight excluding hydrogens is 709 g/mol. The van der Waals surface area contributed by atoms with E-state index in [1.54, 1.807) is 0 Å². The van der Waals surface area contributed by atoms with Crippen LogP contribution < -0.4 is 0 Å². The maximum atomic E-state index is 2.43. The third kappa shape index (κ3) is 5.44. The largest absolute Gasteiger partial charge is 0.0622 e. The summed E-state index contributed by atoms with van der Waals surface area (Å²) in [5, 5.41) is 12.7. The number of rotatable bonds is 4. The highest BCUT2D eigenvalue weighted by atomic mass is 14.4. The molecule has 1 aliphatic rings. The highest BCUT2D eigenvalue weighted by Gasteiger charge is 2.36. The van der Waals surface area contributed by atoms with Gasteiger partial charge in [0.05, 0.1) is 0 Å². The standard InChI is InChI=1S/C59H40/c1-59(2)57-35-45(37-8-4-3-5-9-37)22-28-55(57)56-29-23-46(36-58(56)59)44-21-27-54-50(34-44)17-16-49-33-43(20-26-53(49)54)42-19-25-52-48(32-42)15-14-47-31-41(18-24-51(47)52)40-13-12-38-10-6-7-11-39(38)30-40/h3-36H,1-2H3. The third-order valence-corrected chi connectivity index (χ3v) is 13.2. The summed E-state index contributed by atoms with van der Waals surface area (Å²) in [6.07, 6.45) is 0. The molecule has 11 aromatic rings. The van der Waals surface area contributed by atoms with E-state index in [0.29, 0.717) is 0 Å². The van der Waals surface area contributed by atoms with E-state index in [4.69, 9.17) is 0 Å². The summed E-state index contributed by atoms with van der Waals surface area (Å²) in [5.74, 6) is 0. The third-order valence-electron chi connectivity index (χ3n) is 13.2. The Balaban J connectivity index is 0.843. The molecule has 0 saturated carbocycles. The summed E-state index contributed by atoms with van der Waals surface area (Å²) in [5.41, 5.74) is 15.4. The van der Waals surface area contributed by atoms with Crippen molar-refractivity contribution in [3.63, 3.8) is 0 Å². The van der Waals surface area contributed by atoms with Gasteiger partial charge in [0.15, 0.2) is 0 Å². The molecule has 0 atom stereocenters. The Morgan fingerprint density at radius 1 is 0.237 bits per heavy atom. The van der Waals surface area contributed by atoms with Crippen LogP contribution in [0.5, 0.6) is 0 Å². The molecule has 0 fully saturated rings. The molecule has 0 heteroatoms. The first kappa shape index (κ1) is 33.8. The van der Waals surface area contributed by atoms with E-state index in [1.807, 2.05) is 0 Å². The van der Waals surface area contributed by atoms with Crippen LogP contribution in [0.25, 0.3) is 109 Å². The fraction of sp³-hybridized carbons (Fsp3) is 0.0508. The highest BCUT2D eigenvalue weighted by Crippen LogP contribution is 2.51. The molecule has 0 bridgehead atoms. The van der Waals surface area contributed by atoms with Crippen LogP contribution >= 0.6 is 0 Å². The van der Waals surface area contributed by atoms with Gasteiger partial charge in [0, 0.05) is 5.41 Å². The molecule has 1 aliphatic carbocycles. The van der Waals surface area contributed by atoms with Gasteiger partial charge >= 0.3 is 0 Å². The molecule has 276 valence electrons. The first-order valence-electron chi connectivity index (χ1n) is 20.7. The lowest BCUT2D eigenvalue weighted by Crippen LogP contribution is -2.15. The Morgan fingerprint density at radius 3 is 1.02 bits per heavy atom. The lowest BCUT2D eigenvalue weighted by molar-refractivity contribution is 0.661. The molecule has 0 unspecified atom stereocenters. The average molecular weight is 749 g/mol. The second kappa shape index (κ2) is 12.9. The molecular formula is C59H40. The first-order valence-corrected chi connectivity index (χ1v) is 20.7. The monoisotopic (exact) mass is 748 g/mol. The highest BCUT2D eigenvalue weighted by molar-refractivity contribution is 6.11.